The van der Waals surface area contributed by atoms with Crippen LogP contribution in [0.2, 0.25) is 0 Å². The number of rotatable bonds is 10. The van der Waals surface area contributed by atoms with E-state index >= 15 is 0 Å². The molecule has 2 amide bonds. The number of aliphatic hydroxyl groups is 1. The summed E-state index contributed by atoms with van der Waals surface area (Å²) >= 11 is 0. The molecular formula is C11H23N3O4. The van der Waals surface area contributed by atoms with Crippen molar-refractivity contribution < 1.29 is 19.4 Å². The van der Waals surface area contributed by atoms with E-state index in [-0.39, 0.29) is 19.1 Å². The Bertz CT molecular complexity index is 248. The molecule has 0 radical (unpaired) electrons. The summed E-state index contributed by atoms with van der Waals surface area (Å²) < 4.78 is 4.55. The van der Waals surface area contributed by atoms with E-state index in [2.05, 4.69) is 10.1 Å². The van der Waals surface area contributed by atoms with Crippen molar-refractivity contribution in [1.29, 1.82) is 0 Å². The highest BCUT2D eigenvalue weighted by molar-refractivity contribution is 5.81. The Morgan fingerprint density at radius 2 is 1.94 bits per heavy atom. The molecule has 0 rings (SSSR count). The number of ether oxygens (including phenoxy) is 1. The number of aliphatic hydroxyl groups excluding tert-OH is 1. The summed E-state index contributed by atoms with van der Waals surface area (Å²) in [6.07, 6.45) is 2.48. The molecule has 1 unspecified atom stereocenters. The highest BCUT2D eigenvalue weighted by Crippen LogP contribution is 2.00. The number of carbonyl (C=O) groups excluding carboxylic acids is 2. The van der Waals surface area contributed by atoms with Gasteiger partial charge in [-0.2, -0.15) is 0 Å². The lowest BCUT2D eigenvalue weighted by atomic mass is 10.1. The van der Waals surface area contributed by atoms with Crippen molar-refractivity contribution in [2.75, 3.05) is 19.8 Å². The normalized spacial score (nSPS) is 11.9. The highest BCUT2D eigenvalue weighted by Gasteiger charge is 2.11. The van der Waals surface area contributed by atoms with Gasteiger partial charge in [-0.3, -0.25) is 4.79 Å². The number of unbranched alkanes of at least 4 members (excludes halogenated alkanes) is 2. The smallest absolute Gasteiger partial charge is 0.404 e. The first-order chi connectivity index (χ1) is 8.57. The lowest BCUT2D eigenvalue weighted by Gasteiger charge is -2.11. The molecule has 7 nitrogen and oxygen atoms in total. The van der Waals surface area contributed by atoms with Crippen LogP contribution in [0, 0.1) is 0 Å². The molecule has 0 spiro atoms. The van der Waals surface area contributed by atoms with Crippen LogP contribution in [0.3, 0.4) is 0 Å². The van der Waals surface area contributed by atoms with Crippen LogP contribution in [0.25, 0.3) is 0 Å². The third-order valence-corrected chi connectivity index (χ3v) is 2.37. The second kappa shape index (κ2) is 10.8. The predicted molar refractivity (Wildman–Crippen MR) is 66.7 cm³/mol. The molecule has 0 heterocycles. The van der Waals surface area contributed by atoms with Gasteiger partial charge in [0.1, 0.15) is 0 Å². The van der Waals surface area contributed by atoms with E-state index in [1.807, 2.05) is 0 Å². The Hall–Kier alpha value is -1.34. The number of amides is 2. The SMILES string of the molecule is NC(=O)OCCCCC(N)C(=O)NCCCCO. The summed E-state index contributed by atoms with van der Waals surface area (Å²) in [5, 5.41) is 11.3. The maximum Gasteiger partial charge on any atom is 0.404 e. The molecule has 106 valence electrons. The minimum absolute atomic E-state index is 0.127. The second-order valence-electron chi connectivity index (χ2n) is 3.99. The van der Waals surface area contributed by atoms with Crippen LogP contribution < -0.4 is 16.8 Å². The van der Waals surface area contributed by atoms with Crippen LogP contribution in [0.4, 0.5) is 4.79 Å². The van der Waals surface area contributed by atoms with E-state index in [4.69, 9.17) is 16.6 Å². The first-order valence-corrected chi connectivity index (χ1v) is 6.14. The van der Waals surface area contributed by atoms with E-state index in [1.54, 1.807) is 0 Å². The largest absolute Gasteiger partial charge is 0.450 e. The fraction of sp³-hybridized carbons (Fsp3) is 0.818. The number of nitrogens with two attached hydrogens (primary N) is 2. The first-order valence-electron chi connectivity index (χ1n) is 6.14. The zero-order chi connectivity index (χ0) is 13.8. The van der Waals surface area contributed by atoms with Gasteiger partial charge in [-0.25, -0.2) is 4.79 Å². The van der Waals surface area contributed by atoms with Gasteiger partial charge >= 0.3 is 6.09 Å². The molecule has 0 fully saturated rings. The van der Waals surface area contributed by atoms with Gasteiger partial charge in [0, 0.05) is 13.2 Å². The minimum atomic E-state index is -0.791. The molecule has 0 aromatic heterocycles. The van der Waals surface area contributed by atoms with E-state index in [0.29, 0.717) is 32.2 Å². The minimum Gasteiger partial charge on any atom is -0.450 e. The topological polar surface area (TPSA) is 128 Å². The predicted octanol–water partition coefficient (Wildman–Crippen LogP) is -0.532. The fourth-order valence-electron chi connectivity index (χ4n) is 1.35. The first kappa shape index (κ1) is 16.7. The zero-order valence-corrected chi connectivity index (χ0v) is 10.6. The van der Waals surface area contributed by atoms with Gasteiger partial charge in [-0.15, -0.1) is 0 Å². The summed E-state index contributed by atoms with van der Waals surface area (Å²) in [5.74, 6) is -0.191. The number of primary amides is 1. The van der Waals surface area contributed by atoms with Crippen LogP contribution in [-0.4, -0.2) is 42.9 Å². The van der Waals surface area contributed by atoms with Gasteiger partial charge in [-0.05, 0) is 32.1 Å². The summed E-state index contributed by atoms with van der Waals surface area (Å²) in [7, 11) is 0. The molecule has 18 heavy (non-hydrogen) atoms. The molecule has 1 atom stereocenters. The molecule has 0 aliphatic heterocycles. The van der Waals surface area contributed by atoms with E-state index in [1.165, 1.54) is 0 Å². The molecule has 0 aliphatic rings. The Labute approximate surface area is 107 Å². The second-order valence-corrected chi connectivity index (χ2v) is 3.99. The van der Waals surface area contributed by atoms with Crippen LogP contribution in [0.1, 0.15) is 32.1 Å². The third-order valence-electron chi connectivity index (χ3n) is 2.37. The fourth-order valence-corrected chi connectivity index (χ4v) is 1.35. The van der Waals surface area contributed by atoms with Crippen LogP contribution in [-0.2, 0) is 9.53 Å². The lowest BCUT2D eigenvalue weighted by molar-refractivity contribution is -0.122. The molecule has 0 aromatic rings. The Kier molecular flexibility index (Phi) is 9.99. The third kappa shape index (κ3) is 9.86. The maximum atomic E-state index is 11.5. The van der Waals surface area contributed by atoms with Gasteiger partial charge in [0.15, 0.2) is 0 Å². The van der Waals surface area contributed by atoms with Gasteiger partial charge in [0.2, 0.25) is 5.91 Å². The Morgan fingerprint density at radius 1 is 1.22 bits per heavy atom. The van der Waals surface area contributed by atoms with Gasteiger partial charge in [0.05, 0.1) is 12.6 Å². The number of carbonyl (C=O) groups is 2. The Balaban J connectivity index is 3.46. The van der Waals surface area contributed by atoms with Crippen molar-refractivity contribution in [3.05, 3.63) is 0 Å². The van der Waals surface area contributed by atoms with Crippen LogP contribution in [0.5, 0.6) is 0 Å². The highest BCUT2D eigenvalue weighted by atomic mass is 16.5. The molecule has 0 saturated carbocycles. The molecule has 7 heteroatoms. The van der Waals surface area contributed by atoms with Gasteiger partial charge in [-0.1, -0.05) is 0 Å². The number of nitrogens with one attached hydrogen (secondary N) is 1. The number of hydrogen-bond acceptors (Lipinski definition) is 5. The monoisotopic (exact) mass is 261 g/mol. The van der Waals surface area contributed by atoms with Crippen LogP contribution in [0.15, 0.2) is 0 Å². The molecule has 6 N–H and O–H groups in total. The maximum absolute atomic E-state index is 11.5. The molecule has 0 aromatic carbocycles. The van der Waals surface area contributed by atoms with Gasteiger partial charge in [0.25, 0.3) is 0 Å². The molecule has 0 saturated heterocycles. The molecule has 0 aliphatic carbocycles. The van der Waals surface area contributed by atoms with Crippen LogP contribution >= 0.6 is 0 Å². The van der Waals surface area contributed by atoms with E-state index in [0.717, 1.165) is 6.42 Å². The zero-order valence-electron chi connectivity index (χ0n) is 10.6. The van der Waals surface area contributed by atoms with E-state index in [9.17, 15) is 9.59 Å². The van der Waals surface area contributed by atoms with Crippen molar-refractivity contribution in [2.24, 2.45) is 11.5 Å². The molecular weight excluding hydrogens is 238 g/mol. The van der Waals surface area contributed by atoms with Crippen molar-refractivity contribution in [2.45, 2.75) is 38.1 Å². The standard InChI is InChI=1S/C11H23N3O4/c12-9(5-1-4-8-18-11(13)17)10(16)14-6-2-3-7-15/h9,15H,1-8,12H2,(H2,13,17)(H,14,16). The lowest BCUT2D eigenvalue weighted by Crippen LogP contribution is -2.40. The van der Waals surface area contributed by atoms with Crippen molar-refractivity contribution in [1.82, 2.24) is 5.32 Å². The number of hydrogen-bond donors (Lipinski definition) is 4. The average molecular weight is 261 g/mol. The quantitative estimate of drug-likeness (QED) is 0.393. The van der Waals surface area contributed by atoms with Crippen molar-refractivity contribution >= 4 is 12.0 Å². The van der Waals surface area contributed by atoms with Crippen molar-refractivity contribution in [3.63, 3.8) is 0 Å². The summed E-state index contributed by atoms with van der Waals surface area (Å²) in [4.78, 5) is 21.7. The van der Waals surface area contributed by atoms with E-state index < -0.39 is 12.1 Å². The van der Waals surface area contributed by atoms with Crippen molar-refractivity contribution in [3.8, 4) is 0 Å². The Morgan fingerprint density at radius 3 is 2.56 bits per heavy atom. The van der Waals surface area contributed by atoms with Gasteiger partial charge < -0.3 is 26.6 Å². The summed E-state index contributed by atoms with van der Waals surface area (Å²) in [6, 6.07) is -0.548. The summed E-state index contributed by atoms with van der Waals surface area (Å²) in [5.41, 5.74) is 10.5. The molecule has 0 bridgehead atoms. The summed E-state index contributed by atoms with van der Waals surface area (Å²) in [6.45, 7) is 0.903. The average Bonchev–Trinajstić information content (AvgIpc) is 2.33.